The van der Waals surface area contributed by atoms with E-state index in [1.807, 2.05) is 42.5 Å². The zero-order valence-corrected chi connectivity index (χ0v) is 13.5. The van der Waals surface area contributed by atoms with Gasteiger partial charge >= 0.3 is 5.97 Å². The van der Waals surface area contributed by atoms with Crippen molar-refractivity contribution in [3.8, 4) is 0 Å². The SMILES string of the molecule is O=C(O)/C=C/C(=C\c1nc2ccccc2s1)c1ccc(Cl)cc1. The second kappa shape index (κ2) is 6.77. The van der Waals surface area contributed by atoms with Crippen molar-refractivity contribution < 1.29 is 9.90 Å². The van der Waals surface area contributed by atoms with Crippen LogP contribution in [-0.2, 0) is 4.79 Å². The number of para-hydroxylation sites is 1. The summed E-state index contributed by atoms with van der Waals surface area (Å²) in [7, 11) is 0. The van der Waals surface area contributed by atoms with Crippen LogP contribution >= 0.6 is 22.9 Å². The maximum Gasteiger partial charge on any atom is 0.328 e. The molecule has 1 heterocycles. The lowest BCUT2D eigenvalue weighted by molar-refractivity contribution is -0.131. The van der Waals surface area contributed by atoms with Crippen LogP contribution in [-0.4, -0.2) is 16.1 Å². The third-order valence-electron chi connectivity index (χ3n) is 3.17. The van der Waals surface area contributed by atoms with Crippen LogP contribution in [0.4, 0.5) is 0 Å². The molecule has 23 heavy (non-hydrogen) atoms. The van der Waals surface area contributed by atoms with E-state index in [9.17, 15) is 4.79 Å². The number of carboxylic acids is 1. The molecule has 0 fully saturated rings. The zero-order valence-electron chi connectivity index (χ0n) is 11.9. The summed E-state index contributed by atoms with van der Waals surface area (Å²) >= 11 is 7.48. The first kappa shape index (κ1) is 15.5. The van der Waals surface area contributed by atoms with Gasteiger partial charge in [0, 0.05) is 11.1 Å². The molecule has 3 nitrogen and oxygen atoms in total. The number of rotatable bonds is 4. The molecule has 3 aromatic rings. The number of fused-ring (bicyclic) bond motifs is 1. The average Bonchev–Trinajstić information content (AvgIpc) is 2.94. The van der Waals surface area contributed by atoms with E-state index in [1.54, 1.807) is 29.5 Å². The van der Waals surface area contributed by atoms with Crippen molar-refractivity contribution in [2.75, 3.05) is 0 Å². The number of allylic oxidation sites excluding steroid dienone is 2. The molecule has 0 radical (unpaired) electrons. The van der Waals surface area contributed by atoms with Gasteiger partial charge in [-0.2, -0.15) is 0 Å². The van der Waals surface area contributed by atoms with Gasteiger partial charge in [-0.3, -0.25) is 0 Å². The fourth-order valence-corrected chi connectivity index (χ4v) is 3.16. The summed E-state index contributed by atoms with van der Waals surface area (Å²) in [5.74, 6) is -0.992. The van der Waals surface area contributed by atoms with Crippen LogP contribution in [0, 0.1) is 0 Å². The molecule has 0 aliphatic heterocycles. The van der Waals surface area contributed by atoms with E-state index < -0.39 is 5.97 Å². The summed E-state index contributed by atoms with van der Waals surface area (Å²) in [4.78, 5) is 15.4. The van der Waals surface area contributed by atoms with Gasteiger partial charge in [0.25, 0.3) is 0 Å². The average molecular weight is 342 g/mol. The molecule has 0 atom stereocenters. The molecule has 2 aromatic carbocycles. The van der Waals surface area contributed by atoms with Gasteiger partial charge in [0.15, 0.2) is 0 Å². The molecule has 1 N–H and O–H groups in total. The molecule has 1 aromatic heterocycles. The second-order valence-electron chi connectivity index (χ2n) is 4.80. The number of halogens is 1. The minimum absolute atomic E-state index is 0.635. The van der Waals surface area contributed by atoms with E-state index >= 15 is 0 Å². The summed E-state index contributed by atoms with van der Waals surface area (Å²) in [5.41, 5.74) is 2.58. The molecule has 0 saturated carbocycles. The van der Waals surface area contributed by atoms with Gasteiger partial charge < -0.3 is 5.11 Å². The Labute approximate surface area is 142 Å². The van der Waals surface area contributed by atoms with E-state index in [0.717, 1.165) is 32.4 Å². The van der Waals surface area contributed by atoms with Gasteiger partial charge in [0.1, 0.15) is 5.01 Å². The predicted octanol–water partition coefficient (Wildman–Crippen LogP) is 5.13. The topological polar surface area (TPSA) is 50.2 Å². The minimum atomic E-state index is -0.992. The van der Waals surface area contributed by atoms with Gasteiger partial charge in [0.05, 0.1) is 10.2 Å². The Bertz CT molecular complexity index is 877. The third kappa shape index (κ3) is 3.86. The van der Waals surface area contributed by atoms with Crippen LogP contribution < -0.4 is 0 Å². The van der Waals surface area contributed by atoms with E-state index in [0.29, 0.717) is 5.02 Å². The van der Waals surface area contributed by atoms with Crippen molar-refractivity contribution in [2.24, 2.45) is 0 Å². The first-order chi connectivity index (χ1) is 11.1. The monoisotopic (exact) mass is 341 g/mol. The highest BCUT2D eigenvalue weighted by Gasteiger charge is 2.04. The van der Waals surface area contributed by atoms with Crippen molar-refractivity contribution in [1.82, 2.24) is 4.98 Å². The number of aliphatic carboxylic acids is 1. The number of nitrogens with zero attached hydrogens (tertiary/aromatic N) is 1. The van der Waals surface area contributed by atoms with E-state index in [-0.39, 0.29) is 0 Å². The normalized spacial score (nSPS) is 12.1. The maximum atomic E-state index is 10.8. The van der Waals surface area contributed by atoms with Crippen molar-refractivity contribution in [3.63, 3.8) is 0 Å². The molecule has 0 unspecified atom stereocenters. The van der Waals surface area contributed by atoms with E-state index in [4.69, 9.17) is 16.7 Å². The van der Waals surface area contributed by atoms with Crippen LogP contribution in [0.1, 0.15) is 10.6 Å². The number of carbonyl (C=O) groups is 1. The molecular formula is C18H12ClNO2S. The van der Waals surface area contributed by atoms with Crippen molar-refractivity contribution in [1.29, 1.82) is 0 Å². The summed E-state index contributed by atoms with van der Waals surface area (Å²) < 4.78 is 1.09. The lowest BCUT2D eigenvalue weighted by atomic mass is 10.1. The highest BCUT2D eigenvalue weighted by atomic mass is 35.5. The number of hydrogen-bond donors (Lipinski definition) is 1. The lowest BCUT2D eigenvalue weighted by Gasteiger charge is -2.02. The fourth-order valence-electron chi connectivity index (χ4n) is 2.12. The molecule has 0 bridgehead atoms. The van der Waals surface area contributed by atoms with Crippen molar-refractivity contribution >= 4 is 50.8 Å². The summed E-state index contributed by atoms with van der Waals surface area (Å²) in [6.45, 7) is 0. The Kier molecular flexibility index (Phi) is 4.55. The highest BCUT2D eigenvalue weighted by molar-refractivity contribution is 7.19. The number of hydrogen-bond acceptors (Lipinski definition) is 3. The van der Waals surface area contributed by atoms with Crippen molar-refractivity contribution in [3.05, 3.63) is 76.3 Å². The molecule has 114 valence electrons. The first-order valence-corrected chi connectivity index (χ1v) is 8.05. The minimum Gasteiger partial charge on any atom is -0.478 e. The molecule has 0 saturated heterocycles. The van der Waals surface area contributed by atoms with Gasteiger partial charge in [-0.05, 0) is 47.6 Å². The Balaban J connectivity index is 2.05. The Hall–Kier alpha value is -2.43. The Morgan fingerprint density at radius 3 is 2.52 bits per heavy atom. The molecule has 0 aliphatic rings. The number of benzene rings is 2. The van der Waals surface area contributed by atoms with Crippen LogP contribution in [0.3, 0.4) is 0 Å². The van der Waals surface area contributed by atoms with Gasteiger partial charge in [-0.15, -0.1) is 11.3 Å². The number of thiazole rings is 1. The second-order valence-corrected chi connectivity index (χ2v) is 6.30. The number of carboxylic acid groups (broad SMARTS) is 1. The summed E-state index contributed by atoms with van der Waals surface area (Å²) in [6, 6.07) is 15.1. The fraction of sp³-hybridized carbons (Fsp3) is 0. The molecule has 0 spiro atoms. The van der Waals surface area contributed by atoms with Crippen molar-refractivity contribution in [2.45, 2.75) is 0 Å². The maximum absolute atomic E-state index is 10.8. The van der Waals surface area contributed by atoms with Crippen LogP contribution in [0.25, 0.3) is 21.9 Å². The third-order valence-corrected chi connectivity index (χ3v) is 4.41. The van der Waals surface area contributed by atoms with Gasteiger partial charge in [-0.25, -0.2) is 9.78 Å². The Morgan fingerprint density at radius 1 is 1.09 bits per heavy atom. The predicted molar refractivity (Wildman–Crippen MR) is 95.7 cm³/mol. The smallest absolute Gasteiger partial charge is 0.328 e. The molecular weight excluding hydrogens is 330 g/mol. The summed E-state index contributed by atoms with van der Waals surface area (Å²) in [5, 5.41) is 10.3. The summed E-state index contributed by atoms with van der Waals surface area (Å²) in [6.07, 6.45) is 4.57. The number of aromatic nitrogens is 1. The first-order valence-electron chi connectivity index (χ1n) is 6.86. The van der Waals surface area contributed by atoms with E-state index in [1.165, 1.54) is 0 Å². The zero-order chi connectivity index (χ0) is 16.2. The quantitative estimate of drug-likeness (QED) is 0.528. The highest BCUT2D eigenvalue weighted by Crippen LogP contribution is 2.27. The van der Waals surface area contributed by atoms with Crippen LogP contribution in [0.5, 0.6) is 0 Å². The molecule has 0 aliphatic carbocycles. The largest absolute Gasteiger partial charge is 0.478 e. The van der Waals surface area contributed by atoms with Crippen LogP contribution in [0.15, 0.2) is 60.7 Å². The van der Waals surface area contributed by atoms with Gasteiger partial charge in [0.2, 0.25) is 0 Å². The lowest BCUT2D eigenvalue weighted by Crippen LogP contribution is -1.88. The van der Waals surface area contributed by atoms with Crippen LogP contribution in [0.2, 0.25) is 5.02 Å². The van der Waals surface area contributed by atoms with E-state index in [2.05, 4.69) is 4.98 Å². The molecule has 3 rings (SSSR count). The molecule has 0 amide bonds. The Morgan fingerprint density at radius 2 is 1.83 bits per heavy atom. The molecule has 5 heteroatoms. The standard InChI is InChI=1S/C18H12ClNO2S/c19-14-8-5-12(6-9-14)13(7-10-18(21)22)11-17-20-15-3-1-2-4-16(15)23-17/h1-11H,(H,21,22)/b10-7+,13-11+. The van der Waals surface area contributed by atoms with Gasteiger partial charge in [-0.1, -0.05) is 35.9 Å².